The Morgan fingerprint density at radius 1 is 1.29 bits per heavy atom. The zero-order chi connectivity index (χ0) is 20.3. The monoisotopic (exact) mass is 413 g/mol. The van der Waals surface area contributed by atoms with Gasteiger partial charge in [0, 0.05) is 0 Å². The van der Waals surface area contributed by atoms with Gasteiger partial charge in [0.25, 0.3) is 5.91 Å². The van der Waals surface area contributed by atoms with Crippen molar-refractivity contribution >= 4 is 51.9 Å². The maximum absolute atomic E-state index is 12.9. The van der Waals surface area contributed by atoms with Crippen LogP contribution in [0.1, 0.15) is 25.0 Å². The third-order valence-corrected chi connectivity index (χ3v) is 5.52. The van der Waals surface area contributed by atoms with E-state index in [0.717, 1.165) is 17.7 Å². The largest absolute Gasteiger partial charge is 0.479 e. The van der Waals surface area contributed by atoms with Crippen molar-refractivity contribution in [3.8, 4) is 5.75 Å². The van der Waals surface area contributed by atoms with Gasteiger partial charge in [0.2, 0.25) is 0 Å². The predicted octanol–water partition coefficient (Wildman–Crippen LogP) is 4.51. The molecule has 1 fully saturated rings. The van der Waals surface area contributed by atoms with Crippen LogP contribution in [0.25, 0.3) is 6.08 Å². The summed E-state index contributed by atoms with van der Waals surface area (Å²) in [6.45, 7) is 3.54. The lowest BCUT2D eigenvalue weighted by Gasteiger charge is -2.14. The third kappa shape index (κ3) is 4.43. The van der Waals surface area contributed by atoms with E-state index in [1.54, 1.807) is 24.3 Å². The quantitative estimate of drug-likeness (QED) is 0.555. The summed E-state index contributed by atoms with van der Waals surface area (Å²) in [4.78, 5) is 25.9. The number of ether oxygens (including phenoxy) is 1. The van der Waals surface area contributed by atoms with Crippen molar-refractivity contribution in [2.75, 3.05) is 4.90 Å². The van der Waals surface area contributed by atoms with Crippen LogP contribution in [0.3, 0.4) is 0 Å². The average molecular weight is 414 g/mol. The number of hydrogen-bond donors (Lipinski definition) is 1. The fourth-order valence-electron chi connectivity index (χ4n) is 2.65. The second-order valence-corrected chi connectivity index (χ2v) is 7.88. The summed E-state index contributed by atoms with van der Waals surface area (Å²) in [5.41, 5.74) is 2.67. The van der Waals surface area contributed by atoms with Crippen LogP contribution in [-0.2, 0) is 16.0 Å². The first-order valence-electron chi connectivity index (χ1n) is 8.75. The van der Waals surface area contributed by atoms with Gasteiger partial charge >= 0.3 is 5.97 Å². The first-order valence-corrected chi connectivity index (χ1v) is 9.98. The Kier molecular flexibility index (Phi) is 6.16. The number of carboxylic acids is 1. The van der Waals surface area contributed by atoms with Crippen LogP contribution in [0.15, 0.2) is 53.4 Å². The van der Waals surface area contributed by atoms with Crippen molar-refractivity contribution in [1.29, 1.82) is 0 Å². The normalized spacial score (nSPS) is 16.5. The number of nitrogens with zero attached hydrogens (tertiary/aromatic N) is 1. The molecule has 0 aromatic heterocycles. The molecule has 1 heterocycles. The van der Waals surface area contributed by atoms with E-state index in [4.69, 9.17) is 22.1 Å². The molecule has 144 valence electrons. The summed E-state index contributed by atoms with van der Waals surface area (Å²) in [6, 6.07) is 14.7. The molecule has 1 saturated heterocycles. The molecule has 1 aliphatic rings. The van der Waals surface area contributed by atoms with Gasteiger partial charge in [0.1, 0.15) is 5.75 Å². The highest BCUT2D eigenvalue weighted by atomic mass is 32.2. The molecular weight excluding hydrogens is 394 g/mol. The lowest BCUT2D eigenvalue weighted by molar-refractivity contribution is -0.144. The predicted molar refractivity (Wildman–Crippen MR) is 116 cm³/mol. The van der Waals surface area contributed by atoms with Crippen molar-refractivity contribution in [3.05, 3.63) is 64.6 Å². The summed E-state index contributed by atoms with van der Waals surface area (Å²) in [5, 5.41) is 8.97. The molecule has 2 aromatic carbocycles. The van der Waals surface area contributed by atoms with Crippen LogP contribution < -0.4 is 9.64 Å². The molecule has 5 nitrogen and oxygen atoms in total. The summed E-state index contributed by atoms with van der Waals surface area (Å²) >= 11 is 6.64. The fraction of sp³-hybridized carbons (Fsp3) is 0.190. The molecule has 1 aliphatic heterocycles. The Balaban J connectivity index is 1.82. The van der Waals surface area contributed by atoms with E-state index in [9.17, 15) is 9.59 Å². The maximum atomic E-state index is 12.9. The Morgan fingerprint density at radius 3 is 2.64 bits per heavy atom. The van der Waals surface area contributed by atoms with Crippen LogP contribution in [0.4, 0.5) is 5.69 Å². The zero-order valence-electron chi connectivity index (χ0n) is 15.4. The van der Waals surface area contributed by atoms with E-state index in [-0.39, 0.29) is 5.91 Å². The number of amides is 1. The van der Waals surface area contributed by atoms with Gasteiger partial charge in [-0.25, -0.2) is 4.79 Å². The van der Waals surface area contributed by atoms with Gasteiger partial charge in [0.15, 0.2) is 10.4 Å². The smallest absolute Gasteiger partial charge is 0.344 e. The number of thiocarbonyl (C=S) groups is 1. The van der Waals surface area contributed by atoms with Crippen molar-refractivity contribution < 1.29 is 19.4 Å². The van der Waals surface area contributed by atoms with E-state index in [0.29, 0.717) is 15.0 Å². The molecule has 7 heteroatoms. The minimum absolute atomic E-state index is 0.176. The van der Waals surface area contributed by atoms with Gasteiger partial charge in [-0.3, -0.25) is 9.69 Å². The minimum atomic E-state index is -1.04. The highest BCUT2D eigenvalue weighted by molar-refractivity contribution is 8.27. The molecule has 1 unspecified atom stereocenters. The first-order chi connectivity index (χ1) is 13.4. The second-order valence-electron chi connectivity index (χ2n) is 6.21. The van der Waals surface area contributed by atoms with Gasteiger partial charge in [-0.15, -0.1) is 0 Å². The summed E-state index contributed by atoms with van der Waals surface area (Å²) in [7, 11) is 0. The number of carbonyl (C=O) groups is 2. The number of aryl methyl sites for hydroxylation is 1. The molecule has 3 rings (SSSR count). The number of carboxylic acid groups (broad SMARTS) is 1. The van der Waals surface area contributed by atoms with Gasteiger partial charge in [-0.1, -0.05) is 55.2 Å². The number of hydrogen-bond acceptors (Lipinski definition) is 5. The molecule has 1 atom stereocenters. The van der Waals surface area contributed by atoms with Crippen LogP contribution in [0.2, 0.25) is 0 Å². The molecule has 0 spiro atoms. The standard InChI is InChI=1S/C21H19NO4S2/c1-3-14-7-9-16(10-8-14)22-19(23)18(28-21(22)27)12-15-5-4-6-17(11-15)26-13(2)20(24)25/h4-13H,3H2,1-2H3,(H,24,25)/b18-12+. The van der Waals surface area contributed by atoms with Gasteiger partial charge < -0.3 is 9.84 Å². The Hall–Kier alpha value is -2.64. The fourth-order valence-corrected chi connectivity index (χ4v) is 3.95. The van der Waals surface area contributed by atoms with E-state index >= 15 is 0 Å². The van der Waals surface area contributed by atoms with Gasteiger partial charge in [-0.05, 0) is 54.8 Å². The average Bonchev–Trinajstić information content (AvgIpc) is 2.95. The molecule has 0 aliphatic carbocycles. The molecule has 0 bridgehead atoms. The molecule has 1 N–H and O–H groups in total. The van der Waals surface area contributed by atoms with Crippen molar-refractivity contribution in [2.24, 2.45) is 0 Å². The third-order valence-electron chi connectivity index (χ3n) is 4.21. The number of anilines is 1. The van der Waals surface area contributed by atoms with Gasteiger partial charge in [-0.2, -0.15) is 0 Å². The highest BCUT2D eigenvalue weighted by Crippen LogP contribution is 2.36. The number of aliphatic carboxylic acids is 1. The Morgan fingerprint density at radius 2 is 2.00 bits per heavy atom. The zero-order valence-corrected chi connectivity index (χ0v) is 17.0. The topological polar surface area (TPSA) is 66.8 Å². The van der Waals surface area contributed by atoms with Crippen LogP contribution in [0.5, 0.6) is 5.75 Å². The van der Waals surface area contributed by atoms with Crippen molar-refractivity contribution in [3.63, 3.8) is 0 Å². The lowest BCUT2D eigenvalue weighted by atomic mass is 10.1. The van der Waals surface area contributed by atoms with Crippen molar-refractivity contribution in [1.82, 2.24) is 0 Å². The number of benzene rings is 2. The molecule has 0 radical (unpaired) electrons. The van der Waals surface area contributed by atoms with E-state index in [1.165, 1.54) is 29.1 Å². The van der Waals surface area contributed by atoms with Crippen LogP contribution in [0, 0.1) is 0 Å². The molecule has 1 amide bonds. The van der Waals surface area contributed by atoms with Crippen LogP contribution >= 0.6 is 24.0 Å². The number of carbonyl (C=O) groups excluding carboxylic acids is 1. The Labute approximate surface area is 173 Å². The maximum Gasteiger partial charge on any atom is 0.344 e. The van der Waals surface area contributed by atoms with E-state index < -0.39 is 12.1 Å². The first kappa shape index (κ1) is 20.1. The summed E-state index contributed by atoms with van der Waals surface area (Å²) in [5.74, 6) is -0.792. The van der Waals surface area contributed by atoms with Crippen molar-refractivity contribution in [2.45, 2.75) is 26.4 Å². The second kappa shape index (κ2) is 8.58. The van der Waals surface area contributed by atoms with Crippen LogP contribution in [-0.4, -0.2) is 27.4 Å². The molecule has 2 aromatic rings. The van der Waals surface area contributed by atoms with E-state index in [1.807, 2.05) is 30.3 Å². The molecule has 0 saturated carbocycles. The number of thioether (sulfide) groups is 1. The number of rotatable bonds is 6. The minimum Gasteiger partial charge on any atom is -0.479 e. The lowest BCUT2D eigenvalue weighted by Crippen LogP contribution is -2.27. The Bertz CT molecular complexity index is 953. The SMILES string of the molecule is CCc1ccc(N2C(=O)/C(=C\c3cccc(OC(C)C(=O)O)c3)SC2=S)cc1. The van der Waals surface area contributed by atoms with Gasteiger partial charge in [0.05, 0.1) is 10.6 Å². The molecule has 28 heavy (non-hydrogen) atoms. The van der Waals surface area contributed by atoms with E-state index in [2.05, 4.69) is 6.92 Å². The summed E-state index contributed by atoms with van der Waals surface area (Å²) < 4.78 is 5.86. The highest BCUT2D eigenvalue weighted by Gasteiger charge is 2.33. The molecular formula is C21H19NO4S2. The summed E-state index contributed by atoms with van der Waals surface area (Å²) in [6.07, 6.45) is 1.70.